The van der Waals surface area contributed by atoms with Gasteiger partial charge in [0, 0.05) is 29.0 Å². The number of pyridine rings is 1. The van der Waals surface area contributed by atoms with E-state index >= 15 is 0 Å². The number of hydrogen-bond donors (Lipinski definition) is 4. The van der Waals surface area contributed by atoms with E-state index in [0.717, 1.165) is 0 Å². The number of rotatable bonds is 10. The Morgan fingerprint density at radius 1 is 1.31 bits per heavy atom. The van der Waals surface area contributed by atoms with Crippen molar-refractivity contribution >= 4 is 82.1 Å². The van der Waals surface area contributed by atoms with E-state index in [4.69, 9.17) is 34.7 Å². The van der Waals surface area contributed by atoms with Gasteiger partial charge < -0.3 is 26.8 Å². The van der Waals surface area contributed by atoms with Crippen LogP contribution < -0.4 is 16.8 Å². The molecule has 1 unspecified atom stereocenters. The van der Waals surface area contributed by atoms with E-state index in [1.807, 2.05) is 17.9 Å². The molecule has 3 atom stereocenters. The Kier molecular flexibility index (Phi) is 9.64. The fraction of sp³-hybridized carbons (Fsp3) is 0.348. The molecule has 0 aromatic carbocycles. The van der Waals surface area contributed by atoms with Crippen LogP contribution in [0.25, 0.3) is 0 Å². The van der Waals surface area contributed by atoms with Gasteiger partial charge in [0.25, 0.3) is 5.91 Å². The SMILES string of the molecule is CCN1C(N)=CC(N)=NC1SC/C=C/C1=C(C(=O)O)N2C(=O)[C@@H](NC(=O)CSc3cc(Cl)nc(Cl)c3)[C@H]2SC1. The van der Waals surface area contributed by atoms with E-state index in [1.165, 1.54) is 40.2 Å². The van der Waals surface area contributed by atoms with Gasteiger partial charge in [-0.25, -0.2) is 14.8 Å². The van der Waals surface area contributed by atoms with E-state index in [9.17, 15) is 19.5 Å². The van der Waals surface area contributed by atoms with Gasteiger partial charge in [-0.05, 0) is 24.6 Å². The molecule has 0 saturated carbocycles. The van der Waals surface area contributed by atoms with E-state index in [0.29, 0.717) is 40.2 Å². The number of carboxylic acid groups (broad SMARTS) is 1. The second-order valence-corrected chi connectivity index (χ2v) is 12.4. The van der Waals surface area contributed by atoms with Crippen LogP contribution in [0.1, 0.15) is 6.92 Å². The lowest BCUT2D eigenvalue weighted by Gasteiger charge is -2.49. The predicted octanol–water partition coefficient (Wildman–Crippen LogP) is 2.28. The van der Waals surface area contributed by atoms with Crippen molar-refractivity contribution in [3.63, 3.8) is 0 Å². The number of thioether (sulfide) groups is 3. The van der Waals surface area contributed by atoms with Crippen molar-refractivity contribution in [1.82, 2.24) is 20.1 Å². The average molecular weight is 631 g/mol. The quantitative estimate of drug-likeness (QED) is 0.170. The molecule has 1 saturated heterocycles. The molecule has 6 N–H and O–H groups in total. The van der Waals surface area contributed by atoms with E-state index in [2.05, 4.69) is 15.3 Å². The fourth-order valence-electron chi connectivity index (χ4n) is 4.06. The number of carbonyl (C=O) groups excluding carboxylic acids is 2. The van der Waals surface area contributed by atoms with Crippen molar-refractivity contribution in [3.05, 3.63) is 57.8 Å². The van der Waals surface area contributed by atoms with Crippen molar-refractivity contribution in [3.8, 4) is 0 Å². The number of hydrogen-bond acceptors (Lipinski definition) is 11. The smallest absolute Gasteiger partial charge is 0.352 e. The molecule has 11 nitrogen and oxygen atoms in total. The van der Waals surface area contributed by atoms with Gasteiger partial charge in [0.15, 0.2) is 5.50 Å². The molecule has 1 aromatic heterocycles. The van der Waals surface area contributed by atoms with Crippen molar-refractivity contribution in [2.24, 2.45) is 16.5 Å². The zero-order valence-corrected chi connectivity index (χ0v) is 24.5. The molecular weight excluding hydrogens is 605 g/mol. The molecule has 0 bridgehead atoms. The summed E-state index contributed by atoms with van der Waals surface area (Å²) in [5, 5.41) is 12.5. The third-order valence-corrected chi connectivity index (χ3v) is 9.49. The zero-order valence-electron chi connectivity index (χ0n) is 20.5. The minimum Gasteiger partial charge on any atom is -0.477 e. The molecule has 4 rings (SSSR count). The van der Waals surface area contributed by atoms with Crippen molar-refractivity contribution in [1.29, 1.82) is 0 Å². The highest BCUT2D eigenvalue weighted by atomic mass is 35.5. The van der Waals surface area contributed by atoms with Crippen LogP contribution in [0.2, 0.25) is 10.3 Å². The number of halogens is 2. The topological polar surface area (TPSA) is 167 Å². The Bertz CT molecular complexity index is 1290. The summed E-state index contributed by atoms with van der Waals surface area (Å²) in [7, 11) is 0. The summed E-state index contributed by atoms with van der Waals surface area (Å²) in [5.74, 6) is -0.219. The van der Waals surface area contributed by atoms with Crippen molar-refractivity contribution in [2.75, 3.05) is 23.8 Å². The van der Waals surface area contributed by atoms with Crippen LogP contribution in [0.15, 0.2) is 57.3 Å². The number of aliphatic carboxylic acids is 1. The molecule has 1 fully saturated rings. The van der Waals surface area contributed by atoms with E-state index in [1.54, 1.807) is 24.3 Å². The van der Waals surface area contributed by atoms with Gasteiger partial charge in [-0.2, -0.15) is 0 Å². The van der Waals surface area contributed by atoms with E-state index < -0.39 is 23.3 Å². The highest BCUT2D eigenvalue weighted by Gasteiger charge is 2.53. The molecule has 39 heavy (non-hydrogen) atoms. The number of nitrogens with zero attached hydrogens (tertiary/aromatic N) is 4. The number of β-lactam (4-membered cyclic amide) rings is 1. The van der Waals surface area contributed by atoms with E-state index in [-0.39, 0.29) is 33.2 Å². The summed E-state index contributed by atoms with van der Waals surface area (Å²) in [6, 6.07) is 2.36. The molecule has 208 valence electrons. The third-order valence-electron chi connectivity index (χ3n) is 5.78. The standard InChI is InChI=1S/C23H25Cl2N7O4S3/c1-2-31-16(27)8-15(26)29-23(31)37-5-3-4-11-9-39-21-18(20(34)32(21)19(11)22(35)36)30-17(33)10-38-12-6-13(24)28-14(25)7-12/h3-4,6-8,18,21,23H,2,5,9-10,27H2,1H3,(H2,26,29)(H,30,33)(H,35,36)/b4-3+/t18-,21-,23?/m1/s1. The van der Waals surface area contributed by atoms with Crippen molar-refractivity contribution < 1.29 is 19.5 Å². The number of amides is 2. The maximum Gasteiger partial charge on any atom is 0.352 e. The van der Waals surface area contributed by atoms with Gasteiger partial charge >= 0.3 is 5.97 Å². The van der Waals surface area contributed by atoms with Crippen LogP contribution in [0.3, 0.4) is 0 Å². The first-order valence-corrected chi connectivity index (χ1v) is 15.4. The first-order chi connectivity index (χ1) is 18.6. The average Bonchev–Trinajstić information content (AvgIpc) is 2.87. The number of aromatic nitrogens is 1. The number of allylic oxidation sites excluding steroid dienone is 1. The first kappa shape index (κ1) is 29.5. The minimum atomic E-state index is -1.20. The maximum atomic E-state index is 12.9. The largest absolute Gasteiger partial charge is 0.477 e. The lowest BCUT2D eigenvalue weighted by molar-refractivity contribution is -0.150. The Hall–Kier alpha value is -2.52. The predicted molar refractivity (Wildman–Crippen MR) is 156 cm³/mol. The van der Waals surface area contributed by atoms with Crippen LogP contribution in [-0.2, 0) is 14.4 Å². The summed E-state index contributed by atoms with van der Waals surface area (Å²) in [4.78, 5) is 49.6. The Morgan fingerprint density at radius 3 is 2.69 bits per heavy atom. The molecule has 4 heterocycles. The normalized spacial score (nSPS) is 22.8. The van der Waals surface area contributed by atoms with Gasteiger partial charge in [0.05, 0.1) is 5.75 Å². The number of carboxylic acids is 1. The number of nitrogens with one attached hydrogen (secondary N) is 1. The molecule has 0 spiro atoms. The third kappa shape index (κ3) is 6.80. The fourth-order valence-corrected chi connectivity index (χ4v) is 7.76. The highest BCUT2D eigenvalue weighted by molar-refractivity contribution is 8.00. The second-order valence-electron chi connectivity index (χ2n) is 8.34. The van der Waals surface area contributed by atoms with Crippen LogP contribution in [0.4, 0.5) is 0 Å². The maximum absolute atomic E-state index is 12.9. The molecule has 0 radical (unpaired) electrons. The van der Waals surface area contributed by atoms with Crippen LogP contribution in [0, 0.1) is 0 Å². The number of amidine groups is 1. The van der Waals surface area contributed by atoms with Gasteiger partial charge in [-0.15, -0.1) is 35.3 Å². The lowest BCUT2D eigenvalue weighted by atomic mass is 10.0. The zero-order chi connectivity index (χ0) is 28.3. The lowest BCUT2D eigenvalue weighted by Crippen LogP contribution is -2.70. The van der Waals surface area contributed by atoms with Gasteiger partial charge in [-0.1, -0.05) is 35.4 Å². The monoisotopic (exact) mass is 629 g/mol. The molecule has 2 amide bonds. The Balaban J connectivity index is 1.35. The summed E-state index contributed by atoms with van der Waals surface area (Å²) in [5.41, 5.74) is 12.0. The molecule has 1 aromatic rings. The summed E-state index contributed by atoms with van der Waals surface area (Å²) < 4.78 is 0. The summed E-state index contributed by atoms with van der Waals surface area (Å²) >= 11 is 15.9. The van der Waals surface area contributed by atoms with Gasteiger partial charge in [0.1, 0.15) is 39.1 Å². The summed E-state index contributed by atoms with van der Waals surface area (Å²) in [6.07, 6.45) is 5.16. The second kappa shape index (κ2) is 12.8. The Morgan fingerprint density at radius 2 is 2.03 bits per heavy atom. The number of fused-ring (bicyclic) bond motifs is 1. The van der Waals surface area contributed by atoms with Crippen LogP contribution in [0.5, 0.6) is 0 Å². The van der Waals surface area contributed by atoms with Crippen LogP contribution in [-0.4, -0.2) is 84.2 Å². The Labute approximate surface area is 247 Å². The van der Waals surface area contributed by atoms with Crippen LogP contribution >= 0.6 is 58.5 Å². The van der Waals surface area contributed by atoms with Gasteiger partial charge in [-0.3, -0.25) is 14.5 Å². The number of nitrogens with two attached hydrogens (primary N) is 2. The minimum absolute atomic E-state index is 0.0265. The molecule has 3 aliphatic rings. The molecule has 0 aliphatic carbocycles. The number of carbonyl (C=O) groups is 3. The molecular formula is C23H25Cl2N7O4S3. The molecule has 16 heteroatoms. The molecule has 3 aliphatic heterocycles. The highest BCUT2D eigenvalue weighted by Crippen LogP contribution is 2.41. The first-order valence-electron chi connectivity index (χ1n) is 11.6. The van der Waals surface area contributed by atoms with Gasteiger partial charge in [0.2, 0.25) is 5.91 Å². The summed E-state index contributed by atoms with van der Waals surface area (Å²) in [6.45, 7) is 2.62. The number of aliphatic imine (C=N–C) groups is 1. The van der Waals surface area contributed by atoms with Crippen molar-refractivity contribution in [2.45, 2.75) is 28.7 Å².